The minimum absolute atomic E-state index is 0.346. The number of aromatic nitrogens is 4. The number of tetrazole rings is 1. The maximum atomic E-state index is 4.22. The number of hydrogen-bond acceptors (Lipinski definition) is 4. The zero-order valence-electron chi connectivity index (χ0n) is 13.7. The van der Waals surface area contributed by atoms with Crippen LogP contribution in [0.5, 0.6) is 0 Å². The molecular weight excluding hydrogens is 286 g/mol. The Morgan fingerprint density at radius 3 is 2.35 bits per heavy atom. The third kappa shape index (κ3) is 3.39. The van der Waals surface area contributed by atoms with Gasteiger partial charge in [-0.05, 0) is 55.5 Å². The molecule has 2 aromatic carbocycles. The third-order valence-electron chi connectivity index (χ3n) is 3.84. The van der Waals surface area contributed by atoms with Crippen LogP contribution in [0.1, 0.15) is 25.2 Å². The van der Waals surface area contributed by atoms with Crippen LogP contribution in [-0.2, 0) is 6.54 Å². The van der Waals surface area contributed by atoms with Crippen molar-refractivity contribution in [2.24, 2.45) is 0 Å². The number of benzene rings is 2. The average molecular weight is 307 g/mol. The Labute approximate surface area is 136 Å². The standard InChI is InChI=1S/C18H21N5/c1-14(2)22(16-11-9-15(3)10-12-16)13-18-19-20-21-23(18)17-7-5-4-6-8-17/h4-12,14H,13H2,1-3H3. The van der Waals surface area contributed by atoms with Crippen molar-refractivity contribution in [2.75, 3.05) is 4.90 Å². The van der Waals surface area contributed by atoms with Crippen LogP contribution < -0.4 is 4.90 Å². The predicted octanol–water partition coefficient (Wildman–Crippen LogP) is 3.39. The van der Waals surface area contributed by atoms with Crippen LogP contribution >= 0.6 is 0 Å². The van der Waals surface area contributed by atoms with Gasteiger partial charge >= 0.3 is 0 Å². The molecule has 0 saturated carbocycles. The smallest absolute Gasteiger partial charge is 0.175 e. The Hall–Kier alpha value is -2.69. The molecule has 0 fully saturated rings. The molecule has 0 unspecified atom stereocenters. The van der Waals surface area contributed by atoms with E-state index in [-0.39, 0.29) is 0 Å². The Kier molecular flexibility index (Phi) is 4.37. The van der Waals surface area contributed by atoms with E-state index in [1.807, 2.05) is 30.3 Å². The maximum absolute atomic E-state index is 4.22. The van der Waals surface area contributed by atoms with Gasteiger partial charge in [0.05, 0.1) is 12.2 Å². The largest absolute Gasteiger partial charge is 0.361 e. The molecule has 0 amide bonds. The Morgan fingerprint density at radius 1 is 1.00 bits per heavy atom. The Bertz CT molecular complexity index is 747. The van der Waals surface area contributed by atoms with Crippen LogP contribution in [0, 0.1) is 6.92 Å². The average Bonchev–Trinajstić information content (AvgIpc) is 3.02. The van der Waals surface area contributed by atoms with Crippen molar-refractivity contribution in [1.82, 2.24) is 20.2 Å². The third-order valence-corrected chi connectivity index (χ3v) is 3.84. The highest BCUT2D eigenvalue weighted by atomic mass is 15.5. The van der Waals surface area contributed by atoms with E-state index in [2.05, 4.69) is 65.5 Å². The lowest BCUT2D eigenvalue weighted by atomic mass is 10.2. The number of nitrogens with zero attached hydrogens (tertiary/aromatic N) is 5. The van der Waals surface area contributed by atoms with Crippen molar-refractivity contribution in [3.63, 3.8) is 0 Å². The zero-order valence-corrected chi connectivity index (χ0v) is 13.7. The van der Waals surface area contributed by atoms with Crippen molar-refractivity contribution in [2.45, 2.75) is 33.4 Å². The molecule has 0 bridgehead atoms. The van der Waals surface area contributed by atoms with Gasteiger partial charge in [-0.1, -0.05) is 35.9 Å². The van der Waals surface area contributed by atoms with Crippen molar-refractivity contribution in [1.29, 1.82) is 0 Å². The fraction of sp³-hybridized carbons (Fsp3) is 0.278. The summed E-state index contributed by atoms with van der Waals surface area (Å²) in [6, 6.07) is 18.9. The monoisotopic (exact) mass is 307 g/mol. The van der Waals surface area contributed by atoms with Gasteiger partial charge in [-0.3, -0.25) is 0 Å². The summed E-state index contributed by atoms with van der Waals surface area (Å²) >= 11 is 0. The topological polar surface area (TPSA) is 46.8 Å². The summed E-state index contributed by atoms with van der Waals surface area (Å²) in [5, 5.41) is 12.2. The van der Waals surface area contributed by atoms with Gasteiger partial charge in [-0.2, -0.15) is 4.68 Å². The van der Waals surface area contributed by atoms with E-state index in [9.17, 15) is 0 Å². The van der Waals surface area contributed by atoms with E-state index >= 15 is 0 Å². The SMILES string of the molecule is Cc1ccc(N(Cc2nnnn2-c2ccccc2)C(C)C)cc1. The second-order valence-corrected chi connectivity index (χ2v) is 5.90. The highest BCUT2D eigenvalue weighted by Gasteiger charge is 2.16. The molecule has 0 aliphatic carbocycles. The maximum Gasteiger partial charge on any atom is 0.175 e. The molecule has 23 heavy (non-hydrogen) atoms. The number of hydrogen-bond donors (Lipinski definition) is 0. The van der Waals surface area contributed by atoms with Gasteiger partial charge in [0.1, 0.15) is 0 Å². The van der Waals surface area contributed by atoms with Crippen molar-refractivity contribution < 1.29 is 0 Å². The molecule has 5 nitrogen and oxygen atoms in total. The zero-order chi connectivity index (χ0) is 16.2. The van der Waals surface area contributed by atoms with E-state index < -0.39 is 0 Å². The normalized spacial score (nSPS) is 11.0. The molecule has 3 aromatic rings. The summed E-state index contributed by atoms with van der Waals surface area (Å²) in [4.78, 5) is 2.30. The van der Waals surface area contributed by atoms with Crippen LogP contribution in [0.4, 0.5) is 5.69 Å². The van der Waals surface area contributed by atoms with Gasteiger partial charge in [0.2, 0.25) is 0 Å². The van der Waals surface area contributed by atoms with E-state index in [1.54, 1.807) is 4.68 Å². The van der Waals surface area contributed by atoms with E-state index in [0.29, 0.717) is 12.6 Å². The van der Waals surface area contributed by atoms with Crippen LogP contribution in [-0.4, -0.2) is 26.2 Å². The number of aryl methyl sites for hydroxylation is 1. The molecular formula is C18H21N5. The fourth-order valence-corrected chi connectivity index (χ4v) is 2.53. The summed E-state index contributed by atoms with van der Waals surface area (Å²) < 4.78 is 1.80. The van der Waals surface area contributed by atoms with Crippen LogP contribution in [0.15, 0.2) is 54.6 Å². The second-order valence-electron chi connectivity index (χ2n) is 5.90. The molecule has 118 valence electrons. The van der Waals surface area contributed by atoms with Crippen LogP contribution in [0.25, 0.3) is 5.69 Å². The number of rotatable bonds is 5. The summed E-state index contributed by atoms with van der Waals surface area (Å²) in [7, 11) is 0. The first kappa shape index (κ1) is 15.2. The lowest BCUT2D eigenvalue weighted by Crippen LogP contribution is -2.31. The Balaban J connectivity index is 1.90. The highest BCUT2D eigenvalue weighted by molar-refractivity contribution is 5.48. The van der Waals surface area contributed by atoms with E-state index in [1.165, 1.54) is 11.3 Å². The fourth-order valence-electron chi connectivity index (χ4n) is 2.53. The number of anilines is 1. The summed E-state index contributed by atoms with van der Waals surface area (Å²) in [5.41, 5.74) is 3.40. The van der Waals surface area contributed by atoms with Gasteiger partial charge in [0.25, 0.3) is 0 Å². The summed E-state index contributed by atoms with van der Waals surface area (Å²) in [5.74, 6) is 0.825. The first-order valence-electron chi connectivity index (χ1n) is 7.81. The van der Waals surface area contributed by atoms with E-state index in [4.69, 9.17) is 0 Å². The van der Waals surface area contributed by atoms with Gasteiger partial charge < -0.3 is 4.90 Å². The lowest BCUT2D eigenvalue weighted by Gasteiger charge is -2.28. The first-order valence-corrected chi connectivity index (χ1v) is 7.81. The lowest BCUT2D eigenvalue weighted by molar-refractivity contribution is 0.646. The first-order chi connectivity index (χ1) is 11.1. The molecule has 1 aromatic heterocycles. The predicted molar refractivity (Wildman–Crippen MR) is 91.7 cm³/mol. The van der Waals surface area contributed by atoms with Crippen LogP contribution in [0.3, 0.4) is 0 Å². The molecule has 0 spiro atoms. The molecule has 1 heterocycles. The molecule has 0 saturated heterocycles. The summed E-state index contributed by atoms with van der Waals surface area (Å²) in [6.45, 7) is 7.11. The molecule has 3 rings (SSSR count). The van der Waals surface area contributed by atoms with Crippen LogP contribution in [0.2, 0.25) is 0 Å². The highest BCUT2D eigenvalue weighted by Crippen LogP contribution is 2.20. The Morgan fingerprint density at radius 2 is 1.70 bits per heavy atom. The molecule has 0 atom stereocenters. The molecule has 5 heteroatoms. The molecule has 0 N–H and O–H groups in total. The van der Waals surface area contributed by atoms with Gasteiger partial charge in [-0.25, -0.2) is 0 Å². The second kappa shape index (κ2) is 6.60. The van der Waals surface area contributed by atoms with Gasteiger partial charge in [0.15, 0.2) is 5.82 Å². The quantitative estimate of drug-likeness (QED) is 0.725. The molecule has 0 radical (unpaired) electrons. The van der Waals surface area contributed by atoms with E-state index in [0.717, 1.165) is 11.5 Å². The minimum Gasteiger partial charge on any atom is -0.361 e. The van der Waals surface area contributed by atoms with Crippen molar-refractivity contribution in [3.05, 3.63) is 66.0 Å². The van der Waals surface area contributed by atoms with Crippen molar-refractivity contribution in [3.8, 4) is 5.69 Å². The minimum atomic E-state index is 0.346. The van der Waals surface area contributed by atoms with Gasteiger partial charge in [0, 0.05) is 11.7 Å². The summed E-state index contributed by atoms with van der Waals surface area (Å²) in [6.07, 6.45) is 0. The van der Waals surface area contributed by atoms with Gasteiger partial charge in [-0.15, -0.1) is 5.10 Å². The van der Waals surface area contributed by atoms with Crippen molar-refractivity contribution >= 4 is 5.69 Å². The number of para-hydroxylation sites is 1. The molecule has 0 aliphatic heterocycles. The molecule has 0 aliphatic rings.